The second kappa shape index (κ2) is 11.2. The number of hydrogen-bond acceptors (Lipinski definition) is 6. The van der Waals surface area contributed by atoms with E-state index < -0.39 is 0 Å². The summed E-state index contributed by atoms with van der Waals surface area (Å²) >= 11 is 1.27. The molecule has 35 heavy (non-hydrogen) atoms. The number of aliphatic imine (C=N–C) groups is 1. The maximum atomic E-state index is 11.7. The number of hydrogen-bond donors (Lipinski definition) is 1. The SMILES string of the molecule is CCC(C)C/N=C(/c1ccc(OC)c(OC)c1)N1CCCc2cc(C3=NNC(=O)SC3C)ccc21. The lowest BCUT2D eigenvalue weighted by molar-refractivity contribution is 0.261. The molecule has 8 heteroatoms. The number of rotatable bonds is 7. The quantitative estimate of drug-likeness (QED) is 0.406. The van der Waals surface area contributed by atoms with Crippen LogP contribution in [0.3, 0.4) is 0 Å². The summed E-state index contributed by atoms with van der Waals surface area (Å²) < 4.78 is 11.0. The van der Waals surface area contributed by atoms with E-state index >= 15 is 0 Å². The number of amidine groups is 1. The number of benzene rings is 2. The van der Waals surface area contributed by atoms with Crippen LogP contribution in [0.25, 0.3) is 0 Å². The molecule has 0 bridgehead atoms. The number of amides is 1. The van der Waals surface area contributed by atoms with Crippen LogP contribution in [0.2, 0.25) is 0 Å². The zero-order valence-corrected chi connectivity index (χ0v) is 21.9. The summed E-state index contributed by atoms with van der Waals surface area (Å²) in [5.41, 5.74) is 7.99. The fourth-order valence-electron chi connectivity index (χ4n) is 4.39. The molecule has 1 N–H and O–H groups in total. The maximum Gasteiger partial charge on any atom is 0.299 e. The fourth-order valence-corrected chi connectivity index (χ4v) is 5.11. The van der Waals surface area contributed by atoms with Gasteiger partial charge in [0.25, 0.3) is 5.24 Å². The molecule has 2 aromatic carbocycles. The van der Waals surface area contributed by atoms with E-state index in [9.17, 15) is 4.79 Å². The zero-order valence-electron chi connectivity index (χ0n) is 21.1. The second-order valence-corrected chi connectivity index (χ2v) is 10.3. The summed E-state index contributed by atoms with van der Waals surface area (Å²) in [5.74, 6) is 2.84. The summed E-state index contributed by atoms with van der Waals surface area (Å²) in [6, 6.07) is 12.5. The number of hydrazone groups is 1. The van der Waals surface area contributed by atoms with Gasteiger partial charge < -0.3 is 14.4 Å². The number of carbonyl (C=O) groups is 1. The lowest BCUT2D eigenvalue weighted by Gasteiger charge is -2.33. The van der Waals surface area contributed by atoms with E-state index in [1.54, 1.807) is 14.2 Å². The molecule has 4 rings (SSSR count). The largest absolute Gasteiger partial charge is 0.493 e. The fraction of sp³-hybridized carbons (Fsp3) is 0.444. The van der Waals surface area contributed by atoms with E-state index in [1.165, 1.54) is 23.0 Å². The first kappa shape index (κ1) is 25.1. The Morgan fingerprint density at radius 1 is 1.23 bits per heavy atom. The minimum Gasteiger partial charge on any atom is -0.493 e. The maximum absolute atomic E-state index is 11.7. The van der Waals surface area contributed by atoms with Gasteiger partial charge in [0.15, 0.2) is 11.5 Å². The van der Waals surface area contributed by atoms with Crippen molar-refractivity contribution in [2.24, 2.45) is 16.0 Å². The van der Waals surface area contributed by atoms with Gasteiger partial charge in [0.2, 0.25) is 0 Å². The molecule has 1 amide bonds. The van der Waals surface area contributed by atoms with E-state index in [1.807, 2.05) is 19.1 Å². The van der Waals surface area contributed by atoms with E-state index in [0.29, 0.717) is 17.4 Å². The molecular weight excluding hydrogens is 460 g/mol. The van der Waals surface area contributed by atoms with Gasteiger partial charge >= 0.3 is 0 Å². The smallest absolute Gasteiger partial charge is 0.299 e. The van der Waals surface area contributed by atoms with Crippen LogP contribution in [-0.2, 0) is 6.42 Å². The number of fused-ring (bicyclic) bond motifs is 1. The zero-order chi connectivity index (χ0) is 24.9. The second-order valence-electron chi connectivity index (χ2n) is 9.00. The van der Waals surface area contributed by atoms with Gasteiger partial charge in [0.05, 0.1) is 25.2 Å². The highest BCUT2D eigenvalue weighted by Gasteiger charge is 2.27. The van der Waals surface area contributed by atoms with Crippen LogP contribution in [0, 0.1) is 5.92 Å². The van der Waals surface area contributed by atoms with Crippen molar-refractivity contribution in [3.05, 3.63) is 53.1 Å². The molecule has 0 radical (unpaired) electrons. The van der Waals surface area contributed by atoms with Crippen molar-refractivity contribution in [2.75, 3.05) is 32.2 Å². The van der Waals surface area contributed by atoms with E-state index in [-0.39, 0.29) is 10.5 Å². The lowest BCUT2D eigenvalue weighted by atomic mass is 9.96. The Bertz CT molecular complexity index is 1150. The minimum absolute atomic E-state index is 0.0147. The summed E-state index contributed by atoms with van der Waals surface area (Å²) in [5, 5.41) is 4.25. The van der Waals surface area contributed by atoms with Gasteiger partial charge in [0.1, 0.15) is 5.84 Å². The Morgan fingerprint density at radius 2 is 2.03 bits per heavy atom. The van der Waals surface area contributed by atoms with Gasteiger partial charge in [-0.2, -0.15) is 5.10 Å². The molecule has 7 nitrogen and oxygen atoms in total. The Hall–Kier alpha value is -3.00. The molecule has 2 aromatic rings. The van der Waals surface area contributed by atoms with Gasteiger partial charge in [-0.25, -0.2) is 5.43 Å². The number of ether oxygens (including phenoxy) is 2. The van der Waals surface area contributed by atoms with Crippen molar-refractivity contribution in [3.8, 4) is 11.5 Å². The molecule has 0 saturated heterocycles. The van der Waals surface area contributed by atoms with Crippen LogP contribution in [0.4, 0.5) is 10.5 Å². The van der Waals surface area contributed by atoms with Crippen molar-refractivity contribution >= 4 is 34.2 Å². The summed E-state index contributed by atoms with van der Waals surface area (Å²) in [7, 11) is 3.31. The topological polar surface area (TPSA) is 75.5 Å². The molecule has 2 unspecified atom stereocenters. The van der Waals surface area contributed by atoms with Crippen molar-refractivity contribution < 1.29 is 14.3 Å². The van der Waals surface area contributed by atoms with Crippen LogP contribution in [-0.4, -0.2) is 49.3 Å². The van der Waals surface area contributed by atoms with Crippen LogP contribution in [0.1, 0.15) is 50.3 Å². The van der Waals surface area contributed by atoms with Gasteiger partial charge in [-0.15, -0.1) is 0 Å². The average molecular weight is 495 g/mol. The van der Waals surface area contributed by atoms with Crippen LogP contribution in [0.15, 0.2) is 46.5 Å². The highest BCUT2D eigenvalue weighted by molar-refractivity contribution is 8.14. The lowest BCUT2D eigenvalue weighted by Crippen LogP contribution is -2.37. The molecule has 2 aliphatic rings. The Balaban J connectivity index is 1.74. The first-order valence-corrected chi connectivity index (χ1v) is 13.0. The standard InChI is InChI=1S/C27H34N4O3S/c1-6-17(2)16-28-26(21-10-12-23(33-4)24(15-21)34-5)31-13-7-8-19-14-20(9-11-22(19)31)25-18(3)35-27(32)30-29-25/h9-12,14-15,17-18H,6-8,13,16H2,1-5H3,(H,30,32)/b28-26-. The molecule has 0 fully saturated rings. The average Bonchev–Trinajstić information content (AvgIpc) is 2.88. The van der Waals surface area contributed by atoms with Gasteiger partial charge in [-0.3, -0.25) is 9.79 Å². The summed E-state index contributed by atoms with van der Waals surface area (Å²) in [4.78, 5) is 19.1. The van der Waals surface area contributed by atoms with Crippen LogP contribution < -0.4 is 19.8 Å². The number of carbonyl (C=O) groups excluding carboxylic acids is 1. The highest BCUT2D eigenvalue weighted by atomic mass is 32.2. The Labute approximate surface area is 212 Å². The molecule has 2 heterocycles. The third-order valence-corrected chi connectivity index (χ3v) is 7.46. The number of aryl methyl sites for hydroxylation is 1. The van der Waals surface area contributed by atoms with E-state index in [0.717, 1.165) is 55.0 Å². The van der Waals surface area contributed by atoms with Crippen LogP contribution >= 0.6 is 11.8 Å². The Kier molecular flexibility index (Phi) is 8.00. The molecular formula is C27H34N4O3S. The van der Waals surface area contributed by atoms with Crippen molar-refractivity contribution in [2.45, 2.75) is 45.3 Å². The molecule has 0 saturated carbocycles. The third-order valence-electron chi connectivity index (χ3n) is 6.58. The monoisotopic (exact) mass is 494 g/mol. The minimum atomic E-state index is -0.109. The summed E-state index contributed by atoms with van der Waals surface area (Å²) in [6.07, 6.45) is 3.10. The number of thioether (sulfide) groups is 1. The van der Waals surface area contributed by atoms with Crippen molar-refractivity contribution in [3.63, 3.8) is 0 Å². The van der Waals surface area contributed by atoms with E-state index in [4.69, 9.17) is 14.5 Å². The molecule has 186 valence electrons. The molecule has 2 aliphatic heterocycles. The number of anilines is 1. The van der Waals surface area contributed by atoms with Crippen molar-refractivity contribution in [1.29, 1.82) is 0 Å². The predicted molar refractivity (Wildman–Crippen MR) is 145 cm³/mol. The first-order valence-electron chi connectivity index (χ1n) is 12.2. The molecule has 2 atom stereocenters. The van der Waals surface area contributed by atoms with Crippen LogP contribution in [0.5, 0.6) is 11.5 Å². The molecule has 0 spiro atoms. The van der Waals surface area contributed by atoms with Gasteiger partial charge in [-0.05, 0) is 67.1 Å². The Morgan fingerprint density at radius 3 is 2.74 bits per heavy atom. The first-order chi connectivity index (χ1) is 16.9. The molecule has 0 aromatic heterocycles. The number of methoxy groups -OCH3 is 2. The summed E-state index contributed by atoms with van der Waals surface area (Å²) in [6.45, 7) is 8.10. The normalized spacial score (nSPS) is 18.9. The van der Waals surface area contributed by atoms with Gasteiger partial charge in [-0.1, -0.05) is 38.1 Å². The number of nitrogens with zero attached hydrogens (tertiary/aromatic N) is 3. The number of nitrogens with one attached hydrogen (secondary N) is 1. The van der Waals surface area contributed by atoms with E-state index in [2.05, 4.69) is 53.5 Å². The van der Waals surface area contributed by atoms with Gasteiger partial charge in [0, 0.05) is 24.3 Å². The molecule has 0 aliphatic carbocycles. The third kappa shape index (κ3) is 5.48. The van der Waals surface area contributed by atoms with Crippen molar-refractivity contribution in [1.82, 2.24) is 5.43 Å². The predicted octanol–water partition coefficient (Wildman–Crippen LogP) is 5.50. The highest BCUT2D eigenvalue weighted by Crippen LogP contribution is 2.34.